The lowest BCUT2D eigenvalue weighted by atomic mass is 10.0. The molecule has 0 aliphatic heterocycles. The van der Waals surface area contributed by atoms with Crippen LogP contribution in [0.25, 0.3) is 10.8 Å². The first-order chi connectivity index (χ1) is 15.5. The minimum Gasteiger partial charge on any atom is -0.485 e. The molecule has 32 heavy (non-hydrogen) atoms. The number of rotatable bonds is 7. The molecule has 2 heterocycles. The zero-order valence-corrected chi connectivity index (χ0v) is 17.4. The first-order valence-corrected chi connectivity index (χ1v) is 9.70. The van der Waals surface area contributed by atoms with Crippen LogP contribution in [-0.2, 0) is 11.3 Å². The Morgan fingerprint density at radius 2 is 2.09 bits per heavy atom. The molecule has 4 rings (SSSR count). The van der Waals surface area contributed by atoms with Crippen LogP contribution in [0, 0.1) is 4.77 Å². The van der Waals surface area contributed by atoms with Crippen LogP contribution in [0.3, 0.4) is 0 Å². The summed E-state index contributed by atoms with van der Waals surface area (Å²) in [6, 6.07) is 14.2. The summed E-state index contributed by atoms with van der Waals surface area (Å²) in [5, 5.41) is 11.6. The standard InChI is InChI=1S/C21H16F2N4O4S/c1-29-20(28)17-9-7-13(31-17)11-30-16-8-6-12-4-2-3-5-14(12)15(16)10-24-27-19(18(22)23)25-26-21(27)32/h2-10,18H,11H2,1H3,(H,26,32)/b24-10+. The van der Waals surface area contributed by atoms with Crippen LogP contribution in [-0.4, -0.2) is 34.2 Å². The van der Waals surface area contributed by atoms with Gasteiger partial charge in [0.15, 0.2) is 0 Å². The van der Waals surface area contributed by atoms with E-state index in [0.29, 0.717) is 17.1 Å². The highest BCUT2D eigenvalue weighted by Gasteiger charge is 2.17. The van der Waals surface area contributed by atoms with Gasteiger partial charge in [0.2, 0.25) is 16.4 Å². The predicted molar refractivity (Wildman–Crippen MR) is 114 cm³/mol. The number of benzene rings is 2. The number of nitrogens with one attached hydrogen (secondary N) is 1. The van der Waals surface area contributed by atoms with E-state index in [4.69, 9.17) is 21.4 Å². The van der Waals surface area contributed by atoms with E-state index in [-0.39, 0.29) is 17.1 Å². The maximum absolute atomic E-state index is 13.2. The van der Waals surface area contributed by atoms with Crippen LogP contribution in [0.4, 0.5) is 8.78 Å². The van der Waals surface area contributed by atoms with Crippen LogP contribution >= 0.6 is 12.2 Å². The van der Waals surface area contributed by atoms with E-state index in [0.717, 1.165) is 15.4 Å². The molecule has 0 fully saturated rings. The van der Waals surface area contributed by atoms with E-state index >= 15 is 0 Å². The molecular weight excluding hydrogens is 442 g/mol. The zero-order valence-electron chi connectivity index (χ0n) is 16.6. The van der Waals surface area contributed by atoms with Gasteiger partial charge in [-0.3, -0.25) is 0 Å². The number of fused-ring (bicyclic) bond motifs is 1. The number of furan rings is 1. The van der Waals surface area contributed by atoms with Crippen LogP contribution < -0.4 is 4.74 Å². The quantitative estimate of drug-likeness (QED) is 0.241. The van der Waals surface area contributed by atoms with E-state index in [1.165, 1.54) is 19.4 Å². The molecule has 2 aromatic carbocycles. The summed E-state index contributed by atoms with van der Waals surface area (Å²) in [4.78, 5) is 11.6. The topological polar surface area (TPSA) is 94.6 Å². The van der Waals surface area contributed by atoms with Crippen LogP contribution in [0.2, 0.25) is 0 Å². The second kappa shape index (κ2) is 9.10. The largest absolute Gasteiger partial charge is 0.485 e. The van der Waals surface area contributed by atoms with E-state index in [1.807, 2.05) is 30.3 Å². The molecule has 11 heteroatoms. The summed E-state index contributed by atoms with van der Waals surface area (Å²) in [6.07, 6.45) is -1.47. The average molecular weight is 458 g/mol. The molecule has 0 bridgehead atoms. The molecule has 0 aliphatic carbocycles. The van der Waals surface area contributed by atoms with Gasteiger partial charge in [-0.1, -0.05) is 30.3 Å². The van der Waals surface area contributed by atoms with Crippen LogP contribution in [0.5, 0.6) is 5.75 Å². The average Bonchev–Trinajstić information content (AvgIpc) is 3.42. The molecule has 0 unspecified atom stereocenters. The van der Waals surface area contributed by atoms with Gasteiger partial charge in [0.05, 0.1) is 13.3 Å². The highest BCUT2D eigenvalue weighted by Crippen LogP contribution is 2.28. The number of aromatic nitrogens is 3. The van der Waals surface area contributed by atoms with E-state index in [2.05, 4.69) is 20.0 Å². The second-order valence-electron chi connectivity index (χ2n) is 6.49. The van der Waals surface area contributed by atoms with Gasteiger partial charge >= 0.3 is 5.97 Å². The van der Waals surface area contributed by atoms with Crippen molar-refractivity contribution < 1.29 is 27.5 Å². The number of alkyl halides is 2. The van der Waals surface area contributed by atoms with Gasteiger partial charge in [-0.2, -0.15) is 14.9 Å². The zero-order chi connectivity index (χ0) is 22.7. The molecule has 2 aromatic heterocycles. The normalized spacial score (nSPS) is 11.5. The van der Waals surface area contributed by atoms with Gasteiger partial charge in [-0.25, -0.2) is 18.7 Å². The third kappa shape index (κ3) is 4.28. The third-order valence-corrected chi connectivity index (χ3v) is 4.79. The maximum Gasteiger partial charge on any atom is 0.373 e. The second-order valence-corrected chi connectivity index (χ2v) is 6.88. The Hall–Kier alpha value is -3.86. The summed E-state index contributed by atoms with van der Waals surface area (Å²) in [5.41, 5.74) is 0.547. The first-order valence-electron chi connectivity index (χ1n) is 9.29. The fourth-order valence-electron chi connectivity index (χ4n) is 3.02. The number of carbonyl (C=O) groups is 1. The summed E-state index contributed by atoms with van der Waals surface area (Å²) >= 11 is 5.00. The van der Waals surface area contributed by atoms with Gasteiger partial charge in [0.1, 0.15) is 18.1 Å². The van der Waals surface area contributed by atoms with Crippen LogP contribution in [0.15, 0.2) is 58.0 Å². The number of esters is 1. The van der Waals surface area contributed by atoms with Crippen molar-refractivity contribution in [3.63, 3.8) is 0 Å². The molecule has 4 aromatic rings. The Labute approximate surface area is 185 Å². The monoisotopic (exact) mass is 458 g/mol. The minimum absolute atomic E-state index is 0.0175. The van der Waals surface area contributed by atoms with Crippen molar-refractivity contribution in [1.82, 2.24) is 14.9 Å². The number of hydrogen-bond donors (Lipinski definition) is 1. The van der Waals surface area contributed by atoms with Crippen LogP contribution in [0.1, 0.15) is 34.1 Å². The number of nitrogens with zero attached hydrogens (tertiary/aromatic N) is 3. The smallest absolute Gasteiger partial charge is 0.373 e. The van der Waals surface area contributed by atoms with Crippen molar-refractivity contribution in [2.45, 2.75) is 13.0 Å². The lowest BCUT2D eigenvalue weighted by Crippen LogP contribution is -2.02. The predicted octanol–water partition coefficient (Wildman–Crippen LogP) is 4.87. The van der Waals surface area contributed by atoms with Gasteiger partial charge in [-0.05, 0) is 41.2 Å². The van der Waals surface area contributed by atoms with Crippen molar-refractivity contribution in [2.75, 3.05) is 7.11 Å². The van der Waals surface area contributed by atoms with Crippen molar-refractivity contribution >= 4 is 35.2 Å². The Kier molecular flexibility index (Phi) is 6.08. The molecule has 0 radical (unpaired) electrons. The summed E-state index contributed by atoms with van der Waals surface area (Å²) < 4.78 is 43.1. The number of hydrogen-bond acceptors (Lipinski definition) is 7. The highest BCUT2D eigenvalue weighted by molar-refractivity contribution is 7.71. The number of halogens is 2. The molecule has 8 nitrogen and oxygen atoms in total. The lowest BCUT2D eigenvalue weighted by molar-refractivity contribution is 0.0561. The molecule has 0 amide bonds. The van der Waals surface area contributed by atoms with Gasteiger partial charge in [-0.15, -0.1) is 0 Å². The summed E-state index contributed by atoms with van der Waals surface area (Å²) in [5.74, 6) is -0.308. The maximum atomic E-state index is 13.2. The molecule has 0 atom stereocenters. The Bertz CT molecular complexity index is 1360. The Morgan fingerprint density at radius 3 is 2.88 bits per heavy atom. The number of ether oxygens (including phenoxy) is 2. The van der Waals surface area contributed by atoms with Gasteiger partial charge in [0, 0.05) is 5.56 Å². The lowest BCUT2D eigenvalue weighted by Gasteiger charge is -2.11. The Balaban J connectivity index is 1.69. The first kappa shape index (κ1) is 21.4. The van der Waals surface area contributed by atoms with E-state index in [1.54, 1.807) is 12.1 Å². The number of aromatic amines is 1. The number of methoxy groups -OCH3 is 1. The highest BCUT2D eigenvalue weighted by atomic mass is 32.1. The fraction of sp³-hybridized carbons (Fsp3) is 0.143. The van der Waals surface area contributed by atoms with Crippen molar-refractivity contribution in [3.05, 3.63) is 76.2 Å². The van der Waals surface area contributed by atoms with E-state index < -0.39 is 18.2 Å². The number of carbonyl (C=O) groups excluding carboxylic acids is 1. The molecule has 0 saturated carbocycles. The molecule has 0 spiro atoms. The molecule has 164 valence electrons. The SMILES string of the molecule is COC(=O)c1ccc(COc2ccc3ccccc3c2/C=N/n2c(C(F)F)n[nH]c2=S)o1. The van der Waals surface area contributed by atoms with Crippen molar-refractivity contribution in [2.24, 2.45) is 5.10 Å². The summed E-state index contributed by atoms with van der Waals surface area (Å²) in [6.45, 7) is 0.0175. The van der Waals surface area contributed by atoms with Crippen molar-refractivity contribution in [3.8, 4) is 5.75 Å². The Morgan fingerprint density at radius 1 is 1.28 bits per heavy atom. The molecule has 1 N–H and O–H groups in total. The van der Waals surface area contributed by atoms with Crippen molar-refractivity contribution in [1.29, 1.82) is 0 Å². The minimum atomic E-state index is -2.86. The van der Waals surface area contributed by atoms with Gasteiger partial charge in [0.25, 0.3) is 6.43 Å². The summed E-state index contributed by atoms with van der Waals surface area (Å²) in [7, 11) is 1.26. The molecular formula is C21H16F2N4O4S. The van der Waals surface area contributed by atoms with E-state index in [9.17, 15) is 13.6 Å². The van der Waals surface area contributed by atoms with Gasteiger partial charge < -0.3 is 13.9 Å². The molecule has 0 saturated heterocycles. The fourth-order valence-corrected chi connectivity index (χ4v) is 3.21. The third-order valence-electron chi connectivity index (χ3n) is 4.52. The number of H-pyrrole nitrogens is 1. The molecule has 0 aliphatic rings.